The minimum absolute atomic E-state index is 0.264. The standard InChI is InChI=1S/C9H9BrOS2/c10-7-2-4-13-9(7)8(11)6-1-3-12-5-6/h2,4,6H,1,3,5H2. The van der Waals surface area contributed by atoms with E-state index >= 15 is 0 Å². The van der Waals surface area contributed by atoms with Gasteiger partial charge in [-0.1, -0.05) is 0 Å². The van der Waals surface area contributed by atoms with E-state index in [1.807, 2.05) is 23.2 Å². The molecule has 70 valence electrons. The van der Waals surface area contributed by atoms with Crippen LogP contribution in [-0.4, -0.2) is 17.3 Å². The fourth-order valence-electron chi connectivity index (χ4n) is 1.40. The summed E-state index contributed by atoms with van der Waals surface area (Å²) < 4.78 is 0.958. The van der Waals surface area contributed by atoms with Crippen molar-refractivity contribution in [1.82, 2.24) is 0 Å². The van der Waals surface area contributed by atoms with Gasteiger partial charge in [0, 0.05) is 16.1 Å². The number of carbonyl (C=O) groups excluding carboxylic acids is 1. The van der Waals surface area contributed by atoms with Gasteiger partial charge in [0.1, 0.15) is 0 Å². The van der Waals surface area contributed by atoms with Gasteiger partial charge >= 0.3 is 0 Å². The lowest BCUT2D eigenvalue weighted by Crippen LogP contribution is -2.12. The van der Waals surface area contributed by atoms with Crippen LogP contribution in [0.25, 0.3) is 0 Å². The summed E-state index contributed by atoms with van der Waals surface area (Å²) in [6.45, 7) is 0. The highest BCUT2D eigenvalue weighted by molar-refractivity contribution is 9.10. The molecule has 2 heterocycles. The highest BCUT2D eigenvalue weighted by atomic mass is 79.9. The molecule has 0 amide bonds. The van der Waals surface area contributed by atoms with Crippen molar-refractivity contribution in [2.75, 3.05) is 11.5 Å². The van der Waals surface area contributed by atoms with E-state index in [1.165, 1.54) is 11.3 Å². The molecule has 0 saturated carbocycles. The summed E-state index contributed by atoms with van der Waals surface area (Å²) in [5.41, 5.74) is 0. The molecule has 1 unspecified atom stereocenters. The predicted octanol–water partition coefficient (Wildman–Crippen LogP) is 3.45. The molecular formula is C9H9BrOS2. The Kier molecular flexibility index (Phi) is 3.11. The quantitative estimate of drug-likeness (QED) is 0.770. The van der Waals surface area contributed by atoms with Gasteiger partial charge < -0.3 is 0 Å². The van der Waals surface area contributed by atoms with E-state index in [-0.39, 0.29) is 5.92 Å². The van der Waals surface area contributed by atoms with Crippen LogP contribution in [0.3, 0.4) is 0 Å². The monoisotopic (exact) mass is 276 g/mol. The maximum absolute atomic E-state index is 11.9. The fraction of sp³-hybridized carbons (Fsp3) is 0.444. The second-order valence-electron chi connectivity index (χ2n) is 3.02. The number of carbonyl (C=O) groups is 1. The van der Waals surface area contributed by atoms with Gasteiger partial charge in [-0.25, -0.2) is 0 Å². The summed E-state index contributed by atoms with van der Waals surface area (Å²) in [5, 5.41) is 1.96. The summed E-state index contributed by atoms with van der Waals surface area (Å²) in [6.07, 6.45) is 1.05. The van der Waals surface area contributed by atoms with Crippen LogP contribution >= 0.6 is 39.0 Å². The van der Waals surface area contributed by atoms with Crippen molar-refractivity contribution < 1.29 is 4.79 Å². The van der Waals surface area contributed by atoms with Gasteiger partial charge in [-0.05, 0) is 39.6 Å². The zero-order chi connectivity index (χ0) is 9.26. The summed E-state index contributed by atoms with van der Waals surface area (Å²) in [4.78, 5) is 12.8. The molecule has 1 aliphatic heterocycles. The van der Waals surface area contributed by atoms with Crippen molar-refractivity contribution in [3.8, 4) is 0 Å². The van der Waals surface area contributed by atoms with Crippen molar-refractivity contribution in [3.63, 3.8) is 0 Å². The molecule has 0 N–H and O–H groups in total. The minimum atomic E-state index is 0.264. The molecule has 0 bridgehead atoms. The summed E-state index contributed by atoms with van der Waals surface area (Å²) in [6, 6.07) is 1.94. The zero-order valence-corrected chi connectivity index (χ0v) is 10.2. The lowest BCUT2D eigenvalue weighted by Gasteiger charge is -2.04. The molecule has 13 heavy (non-hydrogen) atoms. The highest BCUT2D eigenvalue weighted by Gasteiger charge is 2.26. The first-order valence-electron chi connectivity index (χ1n) is 4.14. The maximum atomic E-state index is 11.9. The zero-order valence-electron chi connectivity index (χ0n) is 6.96. The third-order valence-electron chi connectivity index (χ3n) is 2.14. The smallest absolute Gasteiger partial charge is 0.177 e. The second-order valence-corrected chi connectivity index (χ2v) is 5.94. The molecule has 0 aromatic carbocycles. The Bertz CT molecular complexity index is 315. The Morgan fingerprint density at radius 1 is 1.62 bits per heavy atom. The van der Waals surface area contributed by atoms with Gasteiger partial charge in [0.05, 0.1) is 4.88 Å². The van der Waals surface area contributed by atoms with Gasteiger partial charge in [0.25, 0.3) is 0 Å². The molecule has 1 aromatic rings. The van der Waals surface area contributed by atoms with Crippen LogP contribution in [0.5, 0.6) is 0 Å². The first-order chi connectivity index (χ1) is 6.29. The fourth-order valence-corrected chi connectivity index (χ4v) is 4.20. The molecule has 0 aliphatic carbocycles. The van der Waals surface area contributed by atoms with Crippen molar-refractivity contribution in [3.05, 3.63) is 20.8 Å². The van der Waals surface area contributed by atoms with E-state index in [4.69, 9.17) is 0 Å². The first-order valence-corrected chi connectivity index (χ1v) is 6.96. The van der Waals surface area contributed by atoms with Crippen LogP contribution in [0, 0.1) is 5.92 Å². The lowest BCUT2D eigenvalue weighted by molar-refractivity contribution is 0.0937. The first kappa shape index (κ1) is 9.74. The van der Waals surface area contributed by atoms with Crippen LogP contribution in [0.15, 0.2) is 15.9 Å². The number of halogens is 1. The molecule has 1 aliphatic rings. The van der Waals surface area contributed by atoms with Crippen LogP contribution < -0.4 is 0 Å². The molecule has 2 rings (SSSR count). The molecule has 4 heteroatoms. The number of ketones is 1. The molecule has 1 fully saturated rings. The maximum Gasteiger partial charge on any atom is 0.177 e. The van der Waals surface area contributed by atoms with Crippen molar-refractivity contribution in [1.29, 1.82) is 0 Å². The van der Waals surface area contributed by atoms with E-state index in [0.717, 1.165) is 27.3 Å². The summed E-state index contributed by atoms with van der Waals surface area (Å²) >= 11 is 6.82. The molecule has 1 atom stereocenters. The van der Waals surface area contributed by atoms with Gasteiger partial charge in [-0.3, -0.25) is 4.79 Å². The predicted molar refractivity (Wildman–Crippen MR) is 61.8 cm³/mol. The second kappa shape index (κ2) is 4.15. The van der Waals surface area contributed by atoms with Crippen LogP contribution in [0.4, 0.5) is 0 Å². The number of hydrogen-bond donors (Lipinski definition) is 0. The molecule has 0 radical (unpaired) electrons. The Hall–Kier alpha value is 0.200. The minimum Gasteiger partial charge on any atom is -0.293 e. The number of rotatable bonds is 2. The number of thioether (sulfide) groups is 1. The Morgan fingerprint density at radius 3 is 3.00 bits per heavy atom. The number of thiophene rings is 1. The third kappa shape index (κ3) is 2.00. The molecular weight excluding hydrogens is 268 g/mol. The average Bonchev–Trinajstić information content (AvgIpc) is 2.72. The average molecular weight is 277 g/mol. The van der Waals surface area contributed by atoms with Crippen LogP contribution in [0.2, 0.25) is 0 Å². The van der Waals surface area contributed by atoms with Gasteiger partial charge in [0.15, 0.2) is 5.78 Å². The molecule has 1 nitrogen and oxygen atoms in total. The van der Waals surface area contributed by atoms with Crippen LogP contribution in [-0.2, 0) is 0 Å². The van der Waals surface area contributed by atoms with E-state index in [9.17, 15) is 4.79 Å². The SMILES string of the molecule is O=C(c1sccc1Br)C1CCSC1. The van der Waals surface area contributed by atoms with Crippen molar-refractivity contribution in [2.45, 2.75) is 6.42 Å². The van der Waals surface area contributed by atoms with Crippen molar-refractivity contribution in [2.24, 2.45) is 5.92 Å². The van der Waals surface area contributed by atoms with Gasteiger partial charge in [-0.15, -0.1) is 11.3 Å². The Morgan fingerprint density at radius 2 is 2.46 bits per heavy atom. The van der Waals surface area contributed by atoms with Gasteiger partial charge in [0.2, 0.25) is 0 Å². The number of hydrogen-bond acceptors (Lipinski definition) is 3. The van der Waals surface area contributed by atoms with Crippen molar-refractivity contribution >= 4 is 44.8 Å². The highest BCUT2D eigenvalue weighted by Crippen LogP contribution is 2.31. The molecule has 1 aromatic heterocycles. The Balaban J connectivity index is 2.17. The molecule has 0 spiro atoms. The van der Waals surface area contributed by atoms with E-state index in [0.29, 0.717) is 5.78 Å². The largest absolute Gasteiger partial charge is 0.293 e. The van der Waals surface area contributed by atoms with E-state index in [2.05, 4.69) is 15.9 Å². The van der Waals surface area contributed by atoms with Crippen LogP contribution in [0.1, 0.15) is 16.1 Å². The van der Waals surface area contributed by atoms with E-state index < -0.39 is 0 Å². The summed E-state index contributed by atoms with van der Waals surface area (Å²) in [7, 11) is 0. The van der Waals surface area contributed by atoms with E-state index in [1.54, 1.807) is 0 Å². The third-order valence-corrected chi connectivity index (χ3v) is 5.16. The number of Topliss-reactive ketones (excluding diaryl/α,β-unsaturated/α-hetero) is 1. The van der Waals surface area contributed by atoms with Gasteiger partial charge in [-0.2, -0.15) is 11.8 Å². The summed E-state index contributed by atoms with van der Waals surface area (Å²) in [5.74, 6) is 2.73. The normalized spacial score (nSPS) is 22.1. The Labute approximate surface area is 94.0 Å². The molecule has 1 saturated heterocycles. The topological polar surface area (TPSA) is 17.1 Å². The lowest BCUT2D eigenvalue weighted by atomic mass is 10.0.